The third kappa shape index (κ3) is 3.47. The molecule has 3 N–H and O–H groups in total. The zero-order valence-electron chi connectivity index (χ0n) is 19.0. The maximum atomic E-state index is 12.0. The van der Waals surface area contributed by atoms with E-state index in [1.807, 2.05) is 54.9 Å². The summed E-state index contributed by atoms with van der Waals surface area (Å²) in [6, 6.07) is 11.8. The molecule has 182 valence electrons. The Morgan fingerprint density at radius 1 is 1.00 bits per heavy atom. The van der Waals surface area contributed by atoms with Crippen molar-refractivity contribution in [1.29, 1.82) is 0 Å². The van der Waals surface area contributed by atoms with Crippen LogP contribution in [-0.2, 0) is 0 Å². The summed E-state index contributed by atoms with van der Waals surface area (Å²) >= 11 is 13.8. The molecule has 1 unspecified atom stereocenters. The number of nitrogens with one attached hydrogen (secondary N) is 2. The van der Waals surface area contributed by atoms with Gasteiger partial charge in [-0.3, -0.25) is 5.10 Å². The second-order valence-electron chi connectivity index (χ2n) is 8.86. The summed E-state index contributed by atoms with van der Waals surface area (Å²) in [7, 11) is 0. The first-order valence-electron chi connectivity index (χ1n) is 11.5. The summed E-state index contributed by atoms with van der Waals surface area (Å²) in [5.41, 5.74) is 5.62. The molecule has 0 saturated heterocycles. The van der Waals surface area contributed by atoms with Crippen molar-refractivity contribution in [2.75, 3.05) is 6.61 Å². The van der Waals surface area contributed by atoms with Crippen molar-refractivity contribution in [3.8, 4) is 16.9 Å². The molecule has 6 nitrogen and oxygen atoms in total. The quantitative estimate of drug-likeness (QED) is 0.184. The standard InChI is InChI=1S/C28H17Br2ClN4O2/c29-19-9-21-22-13(10-34-35-21)8-17(23(22)16-6-3-7-37-27(16)19)26(36)15-5-2-1-4-14(15)18-11-32-28-24(18)25(31)20(30)12-33-28/h1-6,8-12,26,34,36H,7H2,(H,32,33). The van der Waals surface area contributed by atoms with Gasteiger partial charge in [-0.15, -0.1) is 0 Å². The second kappa shape index (κ2) is 8.70. The van der Waals surface area contributed by atoms with Crippen LogP contribution < -0.4 is 4.74 Å². The van der Waals surface area contributed by atoms with Gasteiger partial charge in [-0.05, 0) is 66.8 Å². The Hall–Kier alpha value is -3.17. The van der Waals surface area contributed by atoms with Crippen LogP contribution in [0.25, 0.3) is 49.9 Å². The number of aromatic nitrogens is 4. The summed E-state index contributed by atoms with van der Waals surface area (Å²) in [6.07, 6.45) is 8.52. The van der Waals surface area contributed by atoms with Crippen molar-refractivity contribution in [2.24, 2.45) is 0 Å². The van der Waals surface area contributed by atoms with Crippen molar-refractivity contribution in [3.63, 3.8) is 0 Å². The van der Waals surface area contributed by atoms with E-state index in [9.17, 15) is 5.11 Å². The van der Waals surface area contributed by atoms with E-state index in [2.05, 4.69) is 58.1 Å². The molecule has 0 amide bonds. The Morgan fingerprint density at radius 2 is 1.86 bits per heavy atom. The highest BCUT2D eigenvalue weighted by Gasteiger charge is 2.26. The molecule has 0 radical (unpaired) electrons. The predicted molar refractivity (Wildman–Crippen MR) is 154 cm³/mol. The lowest BCUT2D eigenvalue weighted by Gasteiger charge is -2.18. The van der Waals surface area contributed by atoms with Crippen molar-refractivity contribution in [3.05, 3.63) is 91.7 Å². The average molecular weight is 637 g/mol. The molecule has 0 spiro atoms. The van der Waals surface area contributed by atoms with Crippen molar-refractivity contribution >= 4 is 82.2 Å². The van der Waals surface area contributed by atoms with E-state index in [1.165, 1.54) is 0 Å². The van der Waals surface area contributed by atoms with Gasteiger partial charge in [0, 0.05) is 51.3 Å². The molecule has 37 heavy (non-hydrogen) atoms. The average Bonchev–Trinajstić information content (AvgIpc) is 3.50. The number of nitrogens with zero attached hydrogens (tertiary/aromatic N) is 2. The fourth-order valence-corrected chi connectivity index (χ4v) is 6.34. The smallest absolute Gasteiger partial charge is 0.141 e. The van der Waals surface area contributed by atoms with Crippen LogP contribution in [0.2, 0.25) is 5.02 Å². The van der Waals surface area contributed by atoms with E-state index >= 15 is 0 Å². The maximum absolute atomic E-state index is 12.0. The van der Waals surface area contributed by atoms with Crippen LogP contribution in [0.1, 0.15) is 22.8 Å². The normalized spacial score (nSPS) is 13.8. The first-order valence-corrected chi connectivity index (χ1v) is 13.5. The van der Waals surface area contributed by atoms with Crippen LogP contribution in [-0.4, -0.2) is 31.9 Å². The number of H-pyrrole nitrogens is 2. The number of aromatic amines is 2. The molecular weight excluding hydrogens is 620 g/mol. The molecule has 0 fully saturated rings. The Kier molecular flexibility index (Phi) is 5.40. The number of hydrogen-bond acceptors (Lipinski definition) is 4. The third-order valence-corrected chi connectivity index (χ3v) is 8.65. The van der Waals surface area contributed by atoms with E-state index in [4.69, 9.17) is 16.3 Å². The molecule has 0 aliphatic carbocycles. The number of benzene rings is 1. The number of halogens is 3. The summed E-state index contributed by atoms with van der Waals surface area (Å²) in [4.78, 5) is 7.67. The zero-order valence-corrected chi connectivity index (χ0v) is 22.9. The van der Waals surface area contributed by atoms with Gasteiger partial charge < -0.3 is 14.8 Å². The van der Waals surface area contributed by atoms with Crippen molar-refractivity contribution in [2.45, 2.75) is 6.10 Å². The Bertz CT molecular complexity index is 1910. The highest BCUT2D eigenvalue weighted by atomic mass is 79.9. The summed E-state index contributed by atoms with van der Waals surface area (Å²) in [6.45, 7) is 0.479. The number of pyridine rings is 1. The van der Waals surface area contributed by atoms with E-state index < -0.39 is 6.10 Å². The van der Waals surface area contributed by atoms with Crippen molar-refractivity contribution in [1.82, 2.24) is 20.2 Å². The minimum absolute atomic E-state index is 0.479. The minimum atomic E-state index is -0.934. The lowest BCUT2D eigenvalue weighted by molar-refractivity contribution is 0.222. The molecular formula is C28H17Br2ClN4O2. The molecule has 1 aliphatic heterocycles. The number of rotatable bonds is 3. The number of hydrogen-bond donors (Lipinski definition) is 3. The highest BCUT2D eigenvalue weighted by Crippen LogP contribution is 2.46. The molecule has 4 heterocycles. The largest absolute Gasteiger partial charge is 0.488 e. The van der Waals surface area contributed by atoms with E-state index in [0.29, 0.717) is 21.7 Å². The van der Waals surface area contributed by atoms with Gasteiger partial charge in [-0.2, -0.15) is 5.10 Å². The van der Waals surface area contributed by atoms with Crippen molar-refractivity contribution < 1.29 is 9.84 Å². The predicted octanol–water partition coefficient (Wildman–Crippen LogP) is 7.93. The first-order chi connectivity index (χ1) is 18.0. The molecule has 0 saturated carbocycles. The van der Waals surface area contributed by atoms with Gasteiger partial charge in [0.15, 0.2) is 0 Å². The molecule has 7 rings (SSSR count). The van der Waals surface area contributed by atoms with Crippen LogP contribution in [0.5, 0.6) is 5.75 Å². The Morgan fingerprint density at radius 3 is 2.76 bits per heavy atom. The van der Waals surface area contributed by atoms with Gasteiger partial charge >= 0.3 is 0 Å². The topological polar surface area (TPSA) is 86.8 Å². The summed E-state index contributed by atoms with van der Waals surface area (Å²) in [5, 5.41) is 23.7. The second-order valence-corrected chi connectivity index (χ2v) is 10.9. The maximum Gasteiger partial charge on any atom is 0.141 e. The molecule has 9 heteroatoms. The Labute approximate surface area is 232 Å². The number of aliphatic hydroxyl groups excluding tert-OH is 1. The third-order valence-electron chi connectivity index (χ3n) is 6.84. The lowest BCUT2D eigenvalue weighted by atomic mass is 9.92. The van der Waals surface area contributed by atoms with E-state index in [0.717, 1.165) is 65.1 Å². The van der Waals surface area contributed by atoms with Gasteiger partial charge in [0.1, 0.15) is 24.1 Å². The molecule has 1 atom stereocenters. The molecule has 0 bridgehead atoms. The zero-order chi connectivity index (χ0) is 25.3. The number of ether oxygens (including phenoxy) is 1. The highest BCUT2D eigenvalue weighted by molar-refractivity contribution is 9.10. The van der Waals surface area contributed by atoms with Gasteiger partial charge in [-0.25, -0.2) is 4.98 Å². The fourth-order valence-electron chi connectivity index (χ4n) is 5.25. The monoisotopic (exact) mass is 634 g/mol. The number of aliphatic hydroxyl groups is 1. The Balaban J connectivity index is 1.52. The molecule has 3 aromatic carbocycles. The van der Waals surface area contributed by atoms with Crippen LogP contribution in [0.4, 0.5) is 0 Å². The van der Waals surface area contributed by atoms with Crippen LogP contribution in [0.3, 0.4) is 0 Å². The van der Waals surface area contributed by atoms with Gasteiger partial charge in [-0.1, -0.05) is 41.9 Å². The van der Waals surface area contributed by atoms with Crippen LogP contribution >= 0.6 is 43.5 Å². The van der Waals surface area contributed by atoms with Crippen LogP contribution in [0.15, 0.2) is 70.0 Å². The summed E-state index contributed by atoms with van der Waals surface area (Å²) < 4.78 is 7.55. The SMILES string of the molecule is OC(c1ccccc1-c1c[nH]c2ncc(Br)c(Cl)c12)c1cc2c[nH]nc3cc(Br)c4c(c1c23)C=CCO4. The molecule has 1 aliphatic rings. The van der Waals surface area contributed by atoms with E-state index in [-0.39, 0.29) is 0 Å². The van der Waals surface area contributed by atoms with Gasteiger partial charge in [0.25, 0.3) is 0 Å². The van der Waals surface area contributed by atoms with Gasteiger partial charge in [0.05, 0.1) is 19.5 Å². The fraction of sp³-hybridized carbons (Fsp3) is 0.0714. The molecule has 6 aromatic rings. The first kappa shape index (κ1) is 23.0. The van der Waals surface area contributed by atoms with E-state index in [1.54, 1.807) is 6.20 Å². The minimum Gasteiger partial charge on any atom is -0.488 e. The lowest BCUT2D eigenvalue weighted by Crippen LogP contribution is -2.03. The molecule has 3 aromatic heterocycles. The number of fused-ring (bicyclic) bond motifs is 3. The van der Waals surface area contributed by atoms with Gasteiger partial charge in [0.2, 0.25) is 0 Å². The van der Waals surface area contributed by atoms with Crippen LogP contribution in [0, 0.1) is 0 Å². The summed E-state index contributed by atoms with van der Waals surface area (Å²) in [5.74, 6) is 0.731.